The minimum atomic E-state index is -4.28. The molecule has 0 spiro atoms. The molecule has 0 heterocycles. The van der Waals surface area contributed by atoms with Crippen molar-refractivity contribution in [1.82, 2.24) is 0 Å². The molecule has 0 fully saturated rings. The summed E-state index contributed by atoms with van der Waals surface area (Å²) in [6.07, 6.45) is -0.0905. The van der Waals surface area contributed by atoms with Gasteiger partial charge in [0.15, 0.2) is 0 Å². The minimum Gasteiger partial charge on any atom is -0.166 e. The van der Waals surface area contributed by atoms with Gasteiger partial charge in [-0.2, -0.15) is 13.2 Å². The van der Waals surface area contributed by atoms with Gasteiger partial charge in [-0.1, -0.05) is 56.2 Å². The highest BCUT2D eigenvalue weighted by atomic mass is 19.4. The molecule has 2 aromatic carbocycles. The maximum Gasteiger partial charge on any atom is 0.416 e. The summed E-state index contributed by atoms with van der Waals surface area (Å²) in [6.45, 7) is 3.81. The van der Waals surface area contributed by atoms with Crippen molar-refractivity contribution >= 4 is 0 Å². The molecule has 0 aliphatic heterocycles. The molecular formula is C18H18F3. The maximum absolute atomic E-state index is 12.5. The summed E-state index contributed by atoms with van der Waals surface area (Å²) in [5.41, 5.74) is 2.37. The Morgan fingerprint density at radius 1 is 0.762 bits per heavy atom. The van der Waals surface area contributed by atoms with Crippen LogP contribution in [0.1, 0.15) is 30.4 Å². The molecule has 0 bridgehead atoms. The first kappa shape index (κ1) is 15.6. The van der Waals surface area contributed by atoms with Crippen molar-refractivity contribution < 1.29 is 13.2 Å². The Morgan fingerprint density at radius 2 is 1.29 bits per heavy atom. The predicted molar refractivity (Wildman–Crippen MR) is 79.8 cm³/mol. The lowest BCUT2D eigenvalue weighted by Crippen LogP contribution is -2.03. The van der Waals surface area contributed by atoms with Crippen LogP contribution in [0.5, 0.6) is 0 Å². The predicted octanol–water partition coefficient (Wildman–Crippen LogP) is 5.92. The van der Waals surface area contributed by atoms with Gasteiger partial charge in [-0.15, -0.1) is 0 Å². The fourth-order valence-corrected chi connectivity index (χ4v) is 2.22. The molecule has 0 aliphatic rings. The van der Waals surface area contributed by atoms with Crippen LogP contribution in [0.25, 0.3) is 11.1 Å². The second-order valence-corrected chi connectivity index (χ2v) is 5.08. The average Bonchev–Trinajstić information content (AvgIpc) is 2.48. The molecule has 0 nitrogen and oxygen atoms in total. The lowest BCUT2D eigenvalue weighted by molar-refractivity contribution is -0.137. The molecule has 3 heteroatoms. The van der Waals surface area contributed by atoms with Crippen LogP contribution in [0.15, 0.2) is 48.5 Å². The molecule has 0 saturated carbocycles. The first-order chi connectivity index (χ1) is 10.0. The minimum absolute atomic E-state index is 0.615. The Bertz CT molecular complexity index is 551. The van der Waals surface area contributed by atoms with E-state index in [4.69, 9.17) is 0 Å². The van der Waals surface area contributed by atoms with E-state index in [1.807, 2.05) is 24.3 Å². The summed E-state index contributed by atoms with van der Waals surface area (Å²) >= 11 is 0. The van der Waals surface area contributed by atoms with Crippen LogP contribution in [0.4, 0.5) is 13.2 Å². The summed E-state index contributed by atoms with van der Waals surface area (Å²) in [5, 5.41) is 0. The quantitative estimate of drug-likeness (QED) is 0.600. The van der Waals surface area contributed by atoms with Gasteiger partial charge < -0.3 is 0 Å². The summed E-state index contributed by atoms with van der Waals surface area (Å²) in [4.78, 5) is 0. The highest BCUT2D eigenvalue weighted by molar-refractivity contribution is 5.64. The fourth-order valence-electron chi connectivity index (χ4n) is 2.22. The van der Waals surface area contributed by atoms with Crippen LogP contribution < -0.4 is 0 Å². The lowest BCUT2D eigenvalue weighted by atomic mass is 10.0. The Kier molecular flexibility index (Phi) is 5.05. The van der Waals surface area contributed by atoms with Crippen molar-refractivity contribution in [3.05, 3.63) is 66.6 Å². The third-order valence-electron chi connectivity index (χ3n) is 3.46. The van der Waals surface area contributed by atoms with E-state index in [0.29, 0.717) is 0 Å². The molecule has 0 unspecified atom stereocenters. The number of hydrogen-bond acceptors (Lipinski definition) is 0. The molecule has 0 aliphatic carbocycles. The highest BCUT2D eigenvalue weighted by Crippen LogP contribution is 2.31. The van der Waals surface area contributed by atoms with Crippen LogP contribution in [0, 0.1) is 6.92 Å². The van der Waals surface area contributed by atoms with E-state index in [0.717, 1.165) is 48.9 Å². The monoisotopic (exact) mass is 291 g/mol. The van der Waals surface area contributed by atoms with Gasteiger partial charge in [0.05, 0.1) is 5.56 Å². The Balaban J connectivity index is 2.08. The van der Waals surface area contributed by atoms with Crippen molar-refractivity contribution in [3.63, 3.8) is 0 Å². The number of aryl methyl sites for hydroxylation is 1. The van der Waals surface area contributed by atoms with E-state index in [1.54, 1.807) is 0 Å². The Labute approximate surface area is 123 Å². The number of rotatable bonds is 5. The molecule has 2 rings (SSSR count). The van der Waals surface area contributed by atoms with Crippen molar-refractivity contribution in [3.8, 4) is 11.1 Å². The first-order valence-corrected chi connectivity index (χ1v) is 7.06. The molecule has 21 heavy (non-hydrogen) atoms. The lowest BCUT2D eigenvalue weighted by Gasteiger charge is -2.08. The van der Waals surface area contributed by atoms with Crippen LogP contribution in [-0.2, 0) is 12.6 Å². The first-order valence-electron chi connectivity index (χ1n) is 7.06. The largest absolute Gasteiger partial charge is 0.416 e. The summed E-state index contributed by atoms with van der Waals surface area (Å²) < 4.78 is 37.6. The number of benzene rings is 2. The fraction of sp³-hybridized carbons (Fsp3) is 0.278. The molecule has 2 aromatic rings. The van der Waals surface area contributed by atoms with E-state index in [9.17, 15) is 13.2 Å². The third kappa shape index (κ3) is 4.35. The van der Waals surface area contributed by atoms with Crippen molar-refractivity contribution in [1.29, 1.82) is 0 Å². The van der Waals surface area contributed by atoms with Gasteiger partial charge in [-0.25, -0.2) is 0 Å². The van der Waals surface area contributed by atoms with Gasteiger partial charge in [0.1, 0.15) is 0 Å². The zero-order valence-electron chi connectivity index (χ0n) is 11.8. The van der Waals surface area contributed by atoms with E-state index < -0.39 is 11.7 Å². The van der Waals surface area contributed by atoms with Crippen molar-refractivity contribution in [2.24, 2.45) is 0 Å². The van der Waals surface area contributed by atoms with Gasteiger partial charge in [-0.05, 0) is 41.7 Å². The van der Waals surface area contributed by atoms with E-state index >= 15 is 0 Å². The second-order valence-electron chi connectivity index (χ2n) is 5.08. The third-order valence-corrected chi connectivity index (χ3v) is 3.46. The highest BCUT2D eigenvalue weighted by Gasteiger charge is 2.29. The number of hydrogen-bond donors (Lipinski definition) is 0. The average molecular weight is 291 g/mol. The van der Waals surface area contributed by atoms with Gasteiger partial charge in [0.25, 0.3) is 0 Å². The SMILES string of the molecule is [CH2]CCCCc1ccc(-c2ccc(C(F)(F)F)cc2)cc1. The number of unbranched alkanes of at least 4 members (excludes halogenated alkanes) is 2. The van der Waals surface area contributed by atoms with Crippen LogP contribution in [-0.4, -0.2) is 0 Å². The summed E-state index contributed by atoms with van der Waals surface area (Å²) in [7, 11) is 0. The Hall–Kier alpha value is -1.77. The molecule has 0 aromatic heterocycles. The number of halogens is 3. The topological polar surface area (TPSA) is 0 Å². The van der Waals surface area contributed by atoms with Crippen LogP contribution in [0.3, 0.4) is 0 Å². The van der Waals surface area contributed by atoms with Crippen LogP contribution in [0.2, 0.25) is 0 Å². The standard InChI is InChI=1S/C18H18F3/c1-2-3-4-5-14-6-8-15(9-7-14)16-10-12-17(13-11-16)18(19,20)21/h6-13H,1-5H2. The Morgan fingerprint density at radius 3 is 1.76 bits per heavy atom. The molecule has 111 valence electrons. The van der Waals surface area contributed by atoms with Gasteiger partial charge in [0.2, 0.25) is 0 Å². The van der Waals surface area contributed by atoms with Gasteiger partial charge in [0, 0.05) is 0 Å². The maximum atomic E-state index is 12.5. The molecule has 1 radical (unpaired) electrons. The van der Waals surface area contributed by atoms with Gasteiger partial charge in [-0.3, -0.25) is 0 Å². The molecule has 0 saturated heterocycles. The van der Waals surface area contributed by atoms with E-state index in [-0.39, 0.29) is 0 Å². The number of alkyl halides is 3. The second kappa shape index (κ2) is 6.79. The normalized spacial score (nSPS) is 11.6. The van der Waals surface area contributed by atoms with E-state index in [1.165, 1.54) is 17.7 Å². The summed E-state index contributed by atoms with van der Waals surface area (Å²) in [5.74, 6) is 0. The molecular weight excluding hydrogens is 273 g/mol. The molecule has 0 atom stereocenters. The van der Waals surface area contributed by atoms with Crippen molar-refractivity contribution in [2.75, 3.05) is 0 Å². The zero-order chi connectivity index (χ0) is 15.3. The smallest absolute Gasteiger partial charge is 0.166 e. The van der Waals surface area contributed by atoms with Gasteiger partial charge >= 0.3 is 6.18 Å². The van der Waals surface area contributed by atoms with E-state index in [2.05, 4.69) is 6.92 Å². The summed E-state index contributed by atoms with van der Waals surface area (Å²) in [6, 6.07) is 13.3. The van der Waals surface area contributed by atoms with Crippen molar-refractivity contribution in [2.45, 2.75) is 31.9 Å². The molecule has 0 N–H and O–H groups in total. The molecule has 0 amide bonds. The van der Waals surface area contributed by atoms with Crippen LogP contribution >= 0.6 is 0 Å². The zero-order valence-corrected chi connectivity index (χ0v) is 11.8.